The topological polar surface area (TPSA) is 61.7 Å². The lowest BCUT2D eigenvalue weighted by molar-refractivity contribution is -0.0120. The van der Waals surface area contributed by atoms with Crippen LogP contribution in [0.4, 0.5) is 0 Å². The summed E-state index contributed by atoms with van der Waals surface area (Å²) in [5, 5.41) is 23.2. The zero-order valence-corrected chi connectivity index (χ0v) is 14.0. The van der Waals surface area contributed by atoms with Gasteiger partial charge in [0.15, 0.2) is 0 Å². The highest BCUT2D eigenvalue weighted by atomic mass is 16.5. The van der Waals surface area contributed by atoms with E-state index in [2.05, 4.69) is 11.4 Å². The van der Waals surface area contributed by atoms with Gasteiger partial charge in [-0.3, -0.25) is 0 Å². The van der Waals surface area contributed by atoms with Crippen molar-refractivity contribution in [2.45, 2.75) is 58.8 Å². The van der Waals surface area contributed by atoms with Crippen LogP contribution in [0.1, 0.15) is 38.8 Å². The fourth-order valence-electron chi connectivity index (χ4n) is 1.86. The summed E-state index contributed by atoms with van der Waals surface area (Å²) in [6, 6.07) is 5.98. The highest BCUT2D eigenvalue weighted by molar-refractivity contribution is 5.32. The zero-order chi connectivity index (χ0) is 16.3. The van der Waals surface area contributed by atoms with Crippen molar-refractivity contribution in [1.29, 1.82) is 0 Å². The molecular weight excluding hydrogens is 266 g/mol. The van der Waals surface area contributed by atoms with Crippen LogP contribution in [0.15, 0.2) is 18.2 Å². The van der Waals surface area contributed by atoms with E-state index in [1.54, 1.807) is 13.8 Å². The van der Waals surface area contributed by atoms with Crippen LogP contribution in [0, 0.1) is 13.8 Å². The summed E-state index contributed by atoms with van der Waals surface area (Å²) < 4.78 is 5.63. The molecule has 0 heterocycles. The van der Waals surface area contributed by atoms with Gasteiger partial charge in [0.05, 0.1) is 5.60 Å². The second-order valence-corrected chi connectivity index (χ2v) is 6.85. The highest BCUT2D eigenvalue weighted by Gasteiger charge is 2.34. The monoisotopic (exact) mass is 295 g/mol. The Hall–Kier alpha value is -1.10. The molecule has 1 atom stereocenters. The molecule has 0 aliphatic rings. The minimum absolute atomic E-state index is 0.220. The molecule has 0 saturated carbocycles. The molecular formula is C17H29NO3. The van der Waals surface area contributed by atoms with Gasteiger partial charge in [0.1, 0.15) is 18.5 Å². The number of rotatable bonds is 7. The second kappa shape index (κ2) is 6.77. The van der Waals surface area contributed by atoms with Crippen LogP contribution in [0.5, 0.6) is 5.75 Å². The number of hydrogen-bond donors (Lipinski definition) is 3. The molecule has 120 valence electrons. The smallest absolute Gasteiger partial charge is 0.119 e. The van der Waals surface area contributed by atoms with E-state index in [9.17, 15) is 10.2 Å². The summed E-state index contributed by atoms with van der Waals surface area (Å²) in [7, 11) is 0. The maximum atomic E-state index is 10.1. The van der Waals surface area contributed by atoms with E-state index >= 15 is 0 Å². The van der Waals surface area contributed by atoms with Crippen LogP contribution in [0.2, 0.25) is 0 Å². The molecule has 0 aliphatic heterocycles. The standard InChI is InChI=1S/C17H29NO3/c1-12-7-13(2)9-15(8-12)21-11-14(19)10-18-16(3,4)17(5,6)20/h7-9,14,18-20H,10-11H2,1-6H3. The number of benzene rings is 1. The van der Waals surface area contributed by atoms with Gasteiger partial charge in [0.2, 0.25) is 0 Å². The number of aryl methyl sites for hydroxylation is 2. The first-order valence-corrected chi connectivity index (χ1v) is 7.38. The molecule has 0 saturated heterocycles. The third kappa shape index (κ3) is 5.65. The lowest BCUT2D eigenvalue weighted by Gasteiger charge is -2.38. The summed E-state index contributed by atoms with van der Waals surface area (Å²) in [4.78, 5) is 0. The molecule has 0 fully saturated rings. The van der Waals surface area contributed by atoms with E-state index in [0.29, 0.717) is 6.54 Å². The quantitative estimate of drug-likeness (QED) is 0.721. The fourth-order valence-corrected chi connectivity index (χ4v) is 1.86. The van der Waals surface area contributed by atoms with E-state index in [4.69, 9.17) is 4.74 Å². The van der Waals surface area contributed by atoms with E-state index in [0.717, 1.165) is 16.9 Å². The van der Waals surface area contributed by atoms with Gasteiger partial charge in [-0.2, -0.15) is 0 Å². The van der Waals surface area contributed by atoms with Crippen LogP contribution in [-0.4, -0.2) is 40.6 Å². The molecule has 4 heteroatoms. The van der Waals surface area contributed by atoms with Crippen molar-refractivity contribution < 1.29 is 14.9 Å². The van der Waals surface area contributed by atoms with Crippen LogP contribution in [0.25, 0.3) is 0 Å². The predicted molar refractivity (Wildman–Crippen MR) is 85.8 cm³/mol. The minimum Gasteiger partial charge on any atom is -0.491 e. The number of hydrogen-bond acceptors (Lipinski definition) is 4. The number of ether oxygens (including phenoxy) is 1. The largest absolute Gasteiger partial charge is 0.491 e. The average molecular weight is 295 g/mol. The van der Waals surface area contributed by atoms with Crippen molar-refractivity contribution in [2.24, 2.45) is 0 Å². The van der Waals surface area contributed by atoms with Crippen molar-refractivity contribution in [2.75, 3.05) is 13.2 Å². The molecule has 1 aromatic carbocycles. The van der Waals surface area contributed by atoms with Gasteiger partial charge in [-0.05, 0) is 64.8 Å². The van der Waals surface area contributed by atoms with E-state index in [1.807, 2.05) is 39.8 Å². The van der Waals surface area contributed by atoms with Gasteiger partial charge in [-0.15, -0.1) is 0 Å². The Bertz CT molecular complexity index is 443. The molecule has 0 radical (unpaired) electrons. The predicted octanol–water partition coefficient (Wildman–Crippen LogP) is 2.18. The van der Waals surface area contributed by atoms with E-state index in [-0.39, 0.29) is 6.61 Å². The van der Waals surface area contributed by atoms with Gasteiger partial charge < -0.3 is 20.3 Å². The Balaban J connectivity index is 2.46. The molecule has 4 nitrogen and oxygen atoms in total. The first-order chi connectivity index (χ1) is 9.51. The number of β-amino-alcohol motifs (C(OH)–C–C–N with tert-alkyl or cyclic N) is 1. The van der Waals surface area contributed by atoms with E-state index < -0.39 is 17.2 Å². The van der Waals surface area contributed by atoms with Crippen LogP contribution < -0.4 is 10.1 Å². The Morgan fingerprint density at radius 2 is 1.62 bits per heavy atom. The van der Waals surface area contributed by atoms with Crippen molar-refractivity contribution in [3.63, 3.8) is 0 Å². The minimum atomic E-state index is -0.874. The molecule has 1 unspecified atom stereocenters. The lowest BCUT2D eigenvalue weighted by atomic mass is 9.86. The van der Waals surface area contributed by atoms with Crippen molar-refractivity contribution in [3.05, 3.63) is 29.3 Å². The van der Waals surface area contributed by atoms with Crippen LogP contribution in [0.3, 0.4) is 0 Å². The van der Waals surface area contributed by atoms with Crippen molar-refractivity contribution >= 4 is 0 Å². The number of aliphatic hydroxyl groups is 2. The summed E-state index contributed by atoms with van der Waals surface area (Å²) in [6.07, 6.45) is -0.632. The third-order valence-corrected chi connectivity index (χ3v) is 3.95. The van der Waals surface area contributed by atoms with Crippen LogP contribution >= 0.6 is 0 Å². The van der Waals surface area contributed by atoms with Gasteiger partial charge >= 0.3 is 0 Å². The first kappa shape index (κ1) is 18.0. The van der Waals surface area contributed by atoms with E-state index in [1.165, 1.54) is 0 Å². The maximum Gasteiger partial charge on any atom is 0.119 e. The number of nitrogens with one attached hydrogen (secondary N) is 1. The first-order valence-electron chi connectivity index (χ1n) is 7.38. The SMILES string of the molecule is Cc1cc(C)cc(OCC(O)CNC(C)(C)C(C)(C)O)c1. The van der Waals surface area contributed by atoms with Gasteiger partial charge in [-0.1, -0.05) is 6.07 Å². The second-order valence-electron chi connectivity index (χ2n) is 6.85. The van der Waals surface area contributed by atoms with Crippen LogP contribution in [-0.2, 0) is 0 Å². The molecule has 21 heavy (non-hydrogen) atoms. The van der Waals surface area contributed by atoms with Gasteiger partial charge in [0.25, 0.3) is 0 Å². The number of aliphatic hydroxyl groups excluding tert-OH is 1. The molecule has 1 rings (SSSR count). The molecule has 1 aromatic rings. The zero-order valence-electron chi connectivity index (χ0n) is 14.0. The molecule has 0 aromatic heterocycles. The van der Waals surface area contributed by atoms with Gasteiger partial charge in [-0.25, -0.2) is 0 Å². The lowest BCUT2D eigenvalue weighted by Crippen LogP contribution is -2.57. The molecule has 3 N–H and O–H groups in total. The Morgan fingerprint density at radius 3 is 2.10 bits per heavy atom. The summed E-state index contributed by atoms with van der Waals surface area (Å²) in [6.45, 7) is 11.9. The molecule has 0 amide bonds. The Kier molecular flexibility index (Phi) is 5.79. The van der Waals surface area contributed by atoms with Gasteiger partial charge in [0, 0.05) is 12.1 Å². The summed E-state index contributed by atoms with van der Waals surface area (Å²) in [5.41, 5.74) is 0.913. The molecule has 0 spiro atoms. The Morgan fingerprint density at radius 1 is 1.10 bits per heavy atom. The van der Waals surface area contributed by atoms with Crippen molar-refractivity contribution in [3.8, 4) is 5.75 Å². The normalized spacial score (nSPS) is 14.1. The average Bonchev–Trinajstić information content (AvgIpc) is 2.31. The van der Waals surface area contributed by atoms with Crippen molar-refractivity contribution in [1.82, 2.24) is 5.32 Å². The fraction of sp³-hybridized carbons (Fsp3) is 0.647. The highest BCUT2D eigenvalue weighted by Crippen LogP contribution is 2.20. The molecule has 0 aliphatic carbocycles. The summed E-state index contributed by atoms with van der Waals surface area (Å²) >= 11 is 0. The maximum absolute atomic E-state index is 10.1. The summed E-state index contributed by atoms with van der Waals surface area (Å²) in [5.74, 6) is 0.772. The Labute approximate surface area is 128 Å². The third-order valence-electron chi connectivity index (χ3n) is 3.95. The molecule has 0 bridgehead atoms.